The lowest BCUT2D eigenvalue weighted by molar-refractivity contribution is -0.384. The lowest BCUT2D eigenvalue weighted by Gasteiger charge is -2.30. The quantitative estimate of drug-likeness (QED) is 0.582. The Labute approximate surface area is 152 Å². The van der Waals surface area contributed by atoms with Crippen molar-refractivity contribution < 1.29 is 14.5 Å². The zero-order valence-electron chi connectivity index (χ0n) is 15.1. The average Bonchev–Trinajstić information content (AvgIpc) is 2.53. The van der Waals surface area contributed by atoms with E-state index in [1.54, 1.807) is 28.8 Å². The Balaban J connectivity index is 2.24. The van der Waals surface area contributed by atoms with Gasteiger partial charge in [0, 0.05) is 31.0 Å². The van der Waals surface area contributed by atoms with E-state index in [1.165, 1.54) is 6.07 Å². The molecule has 136 valence electrons. The summed E-state index contributed by atoms with van der Waals surface area (Å²) in [7, 11) is 0. The first-order valence-corrected chi connectivity index (χ1v) is 9.54. The van der Waals surface area contributed by atoms with Gasteiger partial charge in [0.15, 0.2) is 0 Å². The summed E-state index contributed by atoms with van der Waals surface area (Å²) in [6.45, 7) is 6.60. The molecule has 1 aromatic carbocycles. The molecule has 0 atom stereocenters. The van der Waals surface area contributed by atoms with Crippen molar-refractivity contribution in [1.29, 1.82) is 0 Å². The maximum absolute atomic E-state index is 12.3. The third-order valence-electron chi connectivity index (χ3n) is 3.75. The van der Waals surface area contributed by atoms with Gasteiger partial charge in [-0.1, -0.05) is 6.08 Å². The number of carbonyl (C=O) groups is 1. The second kappa shape index (κ2) is 7.91. The molecule has 2 rings (SSSR count). The molecule has 0 aromatic heterocycles. The summed E-state index contributed by atoms with van der Waals surface area (Å²) in [5.74, 6) is 0.681. The fraction of sp³-hybridized carbons (Fsp3) is 0.500. The van der Waals surface area contributed by atoms with Gasteiger partial charge in [0.25, 0.3) is 5.69 Å². The number of rotatable bonds is 4. The zero-order valence-corrected chi connectivity index (χ0v) is 15.9. The number of non-ortho nitro benzene ring substituents is 1. The van der Waals surface area contributed by atoms with Crippen LogP contribution in [0.5, 0.6) is 0 Å². The van der Waals surface area contributed by atoms with Gasteiger partial charge in [0.05, 0.1) is 4.92 Å². The van der Waals surface area contributed by atoms with E-state index in [0.717, 1.165) is 23.1 Å². The van der Waals surface area contributed by atoms with E-state index < -0.39 is 5.60 Å². The van der Waals surface area contributed by atoms with Crippen LogP contribution in [-0.4, -0.2) is 40.9 Å². The Hall–Kier alpha value is -2.02. The molecule has 0 radical (unpaired) electrons. The molecule has 0 unspecified atom stereocenters. The molecule has 1 heterocycles. The first-order chi connectivity index (χ1) is 11.7. The van der Waals surface area contributed by atoms with Crippen molar-refractivity contribution in [1.82, 2.24) is 4.90 Å². The lowest BCUT2D eigenvalue weighted by atomic mass is 9.96. The van der Waals surface area contributed by atoms with Gasteiger partial charge in [0.1, 0.15) is 5.60 Å². The van der Waals surface area contributed by atoms with E-state index in [1.807, 2.05) is 27.0 Å². The molecule has 0 spiro atoms. The second-order valence-electron chi connectivity index (χ2n) is 6.95. The molecule has 0 saturated carbocycles. The minimum Gasteiger partial charge on any atom is -0.444 e. The molecule has 1 amide bonds. The normalized spacial score (nSPS) is 14.9. The summed E-state index contributed by atoms with van der Waals surface area (Å²) in [6.07, 6.45) is 4.48. The van der Waals surface area contributed by atoms with Crippen molar-refractivity contribution >= 4 is 29.1 Å². The minimum absolute atomic E-state index is 0.0909. The molecule has 0 bridgehead atoms. The predicted molar refractivity (Wildman–Crippen MR) is 101 cm³/mol. The monoisotopic (exact) mass is 364 g/mol. The molecule has 6 nitrogen and oxygen atoms in total. The van der Waals surface area contributed by atoms with Gasteiger partial charge in [-0.15, -0.1) is 0 Å². The Morgan fingerprint density at radius 3 is 2.72 bits per heavy atom. The van der Waals surface area contributed by atoms with Crippen LogP contribution in [0.4, 0.5) is 10.5 Å². The highest BCUT2D eigenvalue weighted by molar-refractivity contribution is 7.97. The third-order valence-corrected chi connectivity index (χ3v) is 4.35. The van der Waals surface area contributed by atoms with Crippen molar-refractivity contribution in [3.8, 4) is 0 Å². The molecule has 25 heavy (non-hydrogen) atoms. The lowest BCUT2D eigenvalue weighted by Crippen LogP contribution is -2.39. The van der Waals surface area contributed by atoms with E-state index in [4.69, 9.17) is 4.74 Å². The van der Waals surface area contributed by atoms with Crippen LogP contribution in [0, 0.1) is 10.1 Å². The van der Waals surface area contributed by atoms with Crippen LogP contribution in [0.3, 0.4) is 0 Å². The summed E-state index contributed by atoms with van der Waals surface area (Å²) in [5.41, 5.74) is 2.45. The highest BCUT2D eigenvalue weighted by Gasteiger charge is 2.25. The zero-order chi connectivity index (χ0) is 18.6. The van der Waals surface area contributed by atoms with Gasteiger partial charge in [-0.3, -0.25) is 10.1 Å². The number of ether oxygens (including phenoxy) is 1. The number of amides is 1. The standard InChI is InChI=1S/C18H24N2O4S/c1-18(2,3)24-17(21)19-9-5-6-13(11-19)16-8-7-15(20(22)23)10-14(16)12-25-4/h6-8,10H,5,9,11-12H2,1-4H3. The summed E-state index contributed by atoms with van der Waals surface area (Å²) in [5, 5.41) is 11.0. The highest BCUT2D eigenvalue weighted by atomic mass is 32.2. The van der Waals surface area contributed by atoms with Crippen LogP contribution in [0.2, 0.25) is 0 Å². The molecule has 1 aromatic rings. The topological polar surface area (TPSA) is 72.7 Å². The third kappa shape index (κ3) is 5.22. The number of nitrogens with zero attached hydrogens (tertiary/aromatic N) is 2. The fourth-order valence-electron chi connectivity index (χ4n) is 2.70. The predicted octanol–water partition coefficient (Wildman–Crippen LogP) is 4.48. The van der Waals surface area contributed by atoms with E-state index in [0.29, 0.717) is 18.8 Å². The van der Waals surface area contributed by atoms with Crippen molar-refractivity contribution in [2.45, 2.75) is 38.5 Å². The Kier molecular flexibility index (Phi) is 6.11. The van der Waals surface area contributed by atoms with Crippen molar-refractivity contribution in [3.05, 3.63) is 45.5 Å². The molecular weight excluding hydrogens is 340 g/mol. The summed E-state index contributed by atoms with van der Waals surface area (Å²) in [6, 6.07) is 4.93. The molecule has 0 aliphatic carbocycles. The number of carbonyl (C=O) groups excluding carboxylic acids is 1. The van der Waals surface area contributed by atoms with E-state index in [-0.39, 0.29) is 16.7 Å². The number of hydrogen-bond donors (Lipinski definition) is 0. The Morgan fingerprint density at radius 2 is 2.12 bits per heavy atom. The van der Waals surface area contributed by atoms with Crippen LogP contribution >= 0.6 is 11.8 Å². The number of hydrogen-bond acceptors (Lipinski definition) is 5. The summed E-state index contributed by atoms with van der Waals surface area (Å²) < 4.78 is 5.46. The van der Waals surface area contributed by atoms with Gasteiger partial charge < -0.3 is 9.64 Å². The number of nitro groups is 1. The summed E-state index contributed by atoms with van der Waals surface area (Å²) in [4.78, 5) is 24.7. The van der Waals surface area contributed by atoms with Gasteiger partial charge in [-0.05, 0) is 56.2 Å². The van der Waals surface area contributed by atoms with Gasteiger partial charge in [-0.2, -0.15) is 11.8 Å². The van der Waals surface area contributed by atoms with E-state index >= 15 is 0 Å². The smallest absolute Gasteiger partial charge is 0.410 e. The maximum atomic E-state index is 12.3. The first kappa shape index (κ1) is 19.3. The van der Waals surface area contributed by atoms with E-state index in [9.17, 15) is 14.9 Å². The molecule has 1 aliphatic rings. The van der Waals surface area contributed by atoms with E-state index in [2.05, 4.69) is 6.08 Å². The summed E-state index contributed by atoms with van der Waals surface area (Å²) >= 11 is 1.61. The number of thioether (sulfide) groups is 1. The first-order valence-electron chi connectivity index (χ1n) is 8.15. The molecule has 0 saturated heterocycles. The fourth-order valence-corrected chi connectivity index (χ4v) is 3.25. The van der Waals surface area contributed by atoms with Crippen LogP contribution in [0.15, 0.2) is 24.3 Å². The minimum atomic E-state index is -0.532. The average molecular weight is 364 g/mol. The molecule has 0 N–H and O–H groups in total. The molecule has 7 heteroatoms. The molecule has 1 aliphatic heterocycles. The van der Waals surface area contributed by atoms with Crippen LogP contribution < -0.4 is 0 Å². The van der Waals surface area contributed by atoms with Crippen molar-refractivity contribution in [3.63, 3.8) is 0 Å². The molecule has 0 fully saturated rings. The highest BCUT2D eigenvalue weighted by Crippen LogP contribution is 2.29. The van der Waals surface area contributed by atoms with Gasteiger partial charge in [-0.25, -0.2) is 4.79 Å². The van der Waals surface area contributed by atoms with Crippen LogP contribution in [-0.2, 0) is 10.5 Å². The number of benzene rings is 1. The second-order valence-corrected chi connectivity index (χ2v) is 7.82. The maximum Gasteiger partial charge on any atom is 0.410 e. The molecular formula is C18H24N2O4S. The van der Waals surface area contributed by atoms with Gasteiger partial charge >= 0.3 is 6.09 Å². The Morgan fingerprint density at radius 1 is 1.40 bits per heavy atom. The Bertz CT molecular complexity index is 695. The van der Waals surface area contributed by atoms with Crippen molar-refractivity contribution in [2.24, 2.45) is 0 Å². The largest absolute Gasteiger partial charge is 0.444 e. The van der Waals surface area contributed by atoms with Gasteiger partial charge in [0.2, 0.25) is 0 Å². The van der Waals surface area contributed by atoms with Crippen molar-refractivity contribution in [2.75, 3.05) is 19.3 Å². The van der Waals surface area contributed by atoms with Crippen LogP contribution in [0.1, 0.15) is 38.3 Å². The number of nitro benzene ring substituents is 1. The SMILES string of the molecule is CSCc1cc([N+](=O)[O-])ccc1C1=CCCN(C(=O)OC(C)(C)C)C1. The van der Waals surface area contributed by atoms with Crippen LogP contribution in [0.25, 0.3) is 5.57 Å².